The van der Waals surface area contributed by atoms with Crippen molar-refractivity contribution in [1.82, 2.24) is 4.90 Å². The average Bonchev–Trinajstić information content (AvgIpc) is 2.96. The van der Waals surface area contributed by atoms with Crippen molar-refractivity contribution in [2.75, 3.05) is 48.5 Å². The molecule has 1 fully saturated rings. The quantitative estimate of drug-likeness (QED) is 0.529. The molecule has 0 saturated carbocycles. The minimum absolute atomic E-state index is 0.260. The van der Waals surface area contributed by atoms with Crippen molar-refractivity contribution < 1.29 is 8.42 Å². The van der Waals surface area contributed by atoms with Gasteiger partial charge in [-0.1, -0.05) is 56.3 Å². The minimum atomic E-state index is -3.48. The number of hydrogen-bond acceptors (Lipinski definition) is 4. The summed E-state index contributed by atoms with van der Waals surface area (Å²) in [5, 5.41) is 1.94. The highest BCUT2D eigenvalue weighted by molar-refractivity contribution is 7.93. The van der Waals surface area contributed by atoms with Crippen LogP contribution in [0.15, 0.2) is 65.6 Å². The van der Waals surface area contributed by atoms with Gasteiger partial charge in [-0.3, -0.25) is 4.31 Å². The molecular weight excluding hydrogens is 430 g/mol. The van der Waals surface area contributed by atoms with Crippen LogP contribution in [0, 0.1) is 5.92 Å². The fraction of sp³-hybridized carbons (Fsp3) is 0.407. The van der Waals surface area contributed by atoms with E-state index in [1.165, 1.54) is 5.56 Å². The Kier molecular flexibility index (Phi) is 6.06. The van der Waals surface area contributed by atoms with Crippen LogP contribution >= 0.6 is 0 Å². The lowest BCUT2D eigenvalue weighted by Gasteiger charge is -2.26. The molecule has 0 spiro atoms. The summed E-state index contributed by atoms with van der Waals surface area (Å²) in [6.45, 7) is 9.76. The summed E-state index contributed by atoms with van der Waals surface area (Å²) in [5.41, 5.74) is 3.37. The fourth-order valence-electron chi connectivity index (χ4n) is 5.18. The summed E-state index contributed by atoms with van der Waals surface area (Å²) in [4.78, 5) is 5.46. The molecule has 2 aliphatic rings. The first kappa shape index (κ1) is 22.2. The smallest absolute Gasteiger partial charge is 0.265 e. The van der Waals surface area contributed by atoms with Gasteiger partial charge in [0.2, 0.25) is 0 Å². The standard InChI is InChI=1S/C27H33N3O2S/c1-21(2)20-30-25-13-12-24(23-10-6-11-26(27(23)25)33(30,31)32)29-16-7-15-28(18-19-29)17-14-22-8-4-3-5-9-22/h3-6,8-13,21H,7,14-20H2,1-2H3. The Labute approximate surface area is 197 Å². The normalized spacial score (nSPS) is 18.3. The number of nitrogens with zero attached hydrogens (tertiary/aromatic N) is 3. The molecule has 5 nitrogen and oxygen atoms in total. The largest absolute Gasteiger partial charge is 0.370 e. The molecule has 0 bridgehead atoms. The van der Waals surface area contributed by atoms with E-state index < -0.39 is 10.0 Å². The molecule has 1 saturated heterocycles. The van der Waals surface area contributed by atoms with E-state index >= 15 is 0 Å². The van der Waals surface area contributed by atoms with Crippen molar-refractivity contribution in [2.24, 2.45) is 5.92 Å². The van der Waals surface area contributed by atoms with E-state index in [0.717, 1.165) is 67.7 Å². The van der Waals surface area contributed by atoms with E-state index in [1.807, 2.05) is 12.1 Å². The lowest BCUT2D eigenvalue weighted by atomic mass is 10.0. The molecule has 0 amide bonds. The van der Waals surface area contributed by atoms with Gasteiger partial charge in [0.1, 0.15) is 0 Å². The van der Waals surface area contributed by atoms with Crippen LogP contribution in [0.2, 0.25) is 0 Å². The maximum atomic E-state index is 13.3. The third-order valence-corrected chi connectivity index (χ3v) is 8.64. The van der Waals surface area contributed by atoms with Crippen LogP contribution < -0.4 is 9.21 Å². The number of sulfonamides is 1. The van der Waals surface area contributed by atoms with E-state index in [0.29, 0.717) is 11.4 Å². The van der Waals surface area contributed by atoms with Gasteiger partial charge >= 0.3 is 0 Å². The van der Waals surface area contributed by atoms with Crippen LogP contribution in [0.4, 0.5) is 11.4 Å². The van der Waals surface area contributed by atoms with Gasteiger partial charge in [0.05, 0.1) is 10.6 Å². The lowest BCUT2D eigenvalue weighted by Crippen LogP contribution is -2.32. The molecule has 6 heteroatoms. The summed E-state index contributed by atoms with van der Waals surface area (Å²) in [7, 11) is -3.48. The van der Waals surface area contributed by atoms with E-state index in [2.05, 4.69) is 66.1 Å². The topological polar surface area (TPSA) is 43.9 Å². The first-order chi connectivity index (χ1) is 15.9. The summed E-state index contributed by atoms with van der Waals surface area (Å²) in [6, 6.07) is 20.6. The molecule has 0 atom stereocenters. The van der Waals surface area contributed by atoms with Crippen LogP contribution in [0.25, 0.3) is 10.8 Å². The van der Waals surface area contributed by atoms with E-state index in [4.69, 9.17) is 0 Å². The molecule has 3 aromatic carbocycles. The van der Waals surface area contributed by atoms with Crippen molar-refractivity contribution in [3.63, 3.8) is 0 Å². The number of hydrogen-bond donors (Lipinski definition) is 0. The Morgan fingerprint density at radius 3 is 2.42 bits per heavy atom. The average molecular weight is 464 g/mol. The van der Waals surface area contributed by atoms with Crippen molar-refractivity contribution >= 4 is 32.2 Å². The predicted octanol–water partition coefficient (Wildman–Crippen LogP) is 4.76. The van der Waals surface area contributed by atoms with Crippen LogP contribution in [0.5, 0.6) is 0 Å². The number of rotatable bonds is 6. The molecular formula is C27H33N3O2S. The van der Waals surface area contributed by atoms with Crippen molar-refractivity contribution in [2.45, 2.75) is 31.6 Å². The van der Waals surface area contributed by atoms with Crippen molar-refractivity contribution in [1.29, 1.82) is 0 Å². The second kappa shape index (κ2) is 8.99. The van der Waals surface area contributed by atoms with Crippen LogP contribution in [0.1, 0.15) is 25.8 Å². The highest BCUT2D eigenvalue weighted by Gasteiger charge is 2.36. The van der Waals surface area contributed by atoms with E-state index in [9.17, 15) is 8.42 Å². The molecule has 174 valence electrons. The Bertz CT molecular complexity index is 1240. The van der Waals surface area contributed by atoms with Crippen molar-refractivity contribution in [3.8, 4) is 0 Å². The Hall–Kier alpha value is -2.57. The van der Waals surface area contributed by atoms with E-state index in [1.54, 1.807) is 10.4 Å². The van der Waals surface area contributed by atoms with Gasteiger partial charge in [-0.2, -0.15) is 0 Å². The number of benzene rings is 3. The van der Waals surface area contributed by atoms with Gasteiger partial charge in [-0.25, -0.2) is 8.42 Å². The second-order valence-electron chi connectivity index (χ2n) is 9.63. The van der Waals surface area contributed by atoms with Gasteiger partial charge in [0.15, 0.2) is 0 Å². The zero-order chi connectivity index (χ0) is 23.0. The zero-order valence-corrected chi connectivity index (χ0v) is 20.4. The van der Waals surface area contributed by atoms with Gasteiger partial charge in [0, 0.05) is 49.2 Å². The summed E-state index contributed by atoms with van der Waals surface area (Å²) < 4.78 is 28.2. The fourth-order valence-corrected chi connectivity index (χ4v) is 7.05. The molecule has 3 aromatic rings. The summed E-state index contributed by atoms with van der Waals surface area (Å²) in [6.07, 6.45) is 2.18. The second-order valence-corrected chi connectivity index (χ2v) is 11.5. The van der Waals surface area contributed by atoms with Crippen LogP contribution in [0.3, 0.4) is 0 Å². The van der Waals surface area contributed by atoms with Crippen LogP contribution in [-0.4, -0.2) is 52.6 Å². The molecule has 0 radical (unpaired) electrons. The molecule has 0 aromatic heterocycles. The molecule has 0 unspecified atom stereocenters. The Morgan fingerprint density at radius 2 is 1.64 bits per heavy atom. The van der Waals surface area contributed by atoms with Crippen LogP contribution in [-0.2, 0) is 16.4 Å². The Balaban J connectivity index is 1.39. The highest BCUT2D eigenvalue weighted by atomic mass is 32.2. The molecule has 0 aliphatic carbocycles. The zero-order valence-electron chi connectivity index (χ0n) is 19.6. The Morgan fingerprint density at radius 1 is 0.848 bits per heavy atom. The first-order valence-electron chi connectivity index (χ1n) is 12.0. The van der Waals surface area contributed by atoms with Gasteiger partial charge in [-0.05, 0) is 49.1 Å². The third-order valence-electron chi connectivity index (χ3n) is 6.81. The monoisotopic (exact) mass is 463 g/mol. The summed E-state index contributed by atoms with van der Waals surface area (Å²) in [5.74, 6) is 0.260. The van der Waals surface area contributed by atoms with Gasteiger partial charge in [-0.15, -0.1) is 0 Å². The maximum Gasteiger partial charge on any atom is 0.265 e. The summed E-state index contributed by atoms with van der Waals surface area (Å²) >= 11 is 0. The van der Waals surface area contributed by atoms with Gasteiger partial charge in [0.25, 0.3) is 10.0 Å². The van der Waals surface area contributed by atoms with Crippen molar-refractivity contribution in [3.05, 3.63) is 66.2 Å². The van der Waals surface area contributed by atoms with E-state index in [-0.39, 0.29) is 5.92 Å². The maximum absolute atomic E-state index is 13.3. The third kappa shape index (κ3) is 4.22. The van der Waals surface area contributed by atoms with Gasteiger partial charge < -0.3 is 9.80 Å². The molecule has 2 heterocycles. The SMILES string of the molecule is CC(C)CN1c2ccc(N3CCCN(CCc4ccccc4)CC3)c3cccc(c23)S1(=O)=O. The molecule has 0 N–H and O–H groups in total. The molecule has 33 heavy (non-hydrogen) atoms. The highest BCUT2D eigenvalue weighted by Crippen LogP contribution is 2.45. The lowest BCUT2D eigenvalue weighted by molar-refractivity contribution is 0.297. The first-order valence-corrected chi connectivity index (χ1v) is 13.5. The molecule has 2 aliphatic heterocycles. The number of anilines is 2. The molecule has 5 rings (SSSR count). The minimum Gasteiger partial charge on any atom is -0.370 e. The predicted molar refractivity (Wildman–Crippen MR) is 137 cm³/mol.